The molecular formula is C12H15F3N2O. The zero-order valence-corrected chi connectivity index (χ0v) is 10.2. The number of carbonyl (C=O) groups excluding carboxylic acids is 1. The van der Waals surface area contributed by atoms with Gasteiger partial charge in [-0.05, 0) is 31.2 Å². The average molecular weight is 260 g/mol. The van der Waals surface area contributed by atoms with Crippen LogP contribution in [0, 0.1) is 6.92 Å². The van der Waals surface area contributed by atoms with Gasteiger partial charge in [0, 0.05) is 5.69 Å². The highest BCUT2D eigenvalue weighted by Crippen LogP contribution is 2.33. The maximum absolute atomic E-state index is 12.6. The summed E-state index contributed by atoms with van der Waals surface area (Å²) in [6.07, 6.45) is -4.41. The zero-order chi connectivity index (χ0) is 13.8. The zero-order valence-electron chi connectivity index (χ0n) is 10.2. The number of carbonyl (C=O) groups is 1. The average Bonchev–Trinajstić information content (AvgIpc) is 2.27. The monoisotopic (exact) mass is 260 g/mol. The van der Waals surface area contributed by atoms with Crippen molar-refractivity contribution in [2.45, 2.75) is 20.0 Å². The van der Waals surface area contributed by atoms with Gasteiger partial charge in [0.25, 0.3) is 0 Å². The molecular weight excluding hydrogens is 245 g/mol. The molecule has 0 fully saturated rings. The van der Waals surface area contributed by atoms with Crippen molar-refractivity contribution < 1.29 is 18.0 Å². The molecule has 0 heterocycles. The smallest absolute Gasteiger partial charge is 0.325 e. The molecule has 1 aromatic carbocycles. The summed E-state index contributed by atoms with van der Waals surface area (Å²) in [5, 5.41) is 5.21. The van der Waals surface area contributed by atoms with Crippen molar-refractivity contribution in [3.05, 3.63) is 29.3 Å². The Morgan fingerprint density at radius 1 is 1.33 bits per heavy atom. The summed E-state index contributed by atoms with van der Waals surface area (Å²) in [4.78, 5) is 11.4. The Balaban J connectivity index is 2.83. The van der Waals surface area contributed by atoms with Crippen LogP contribution in [0.25, 0.3) is 0 Å². The molecule has 0 aliphatic rings. The normalized spacial score (nSPS) is 11.4. The van der Waals surface area contributed by atoms with Gasteiger partial charge in [0.1, 0.15) is 0 Å². The van der Waals surface area contributed by atoms with Crippen LogP contribution in [0.4, 0.5) is 18.9 Å². The Labute approximate surface area is 103 Å². The number of rotatable bonds is 4. The number of nitrogens with one attached hydrogen (secondary N) is 2. The van der Waals surface area contributed by atoms with Gasteiger partial charge < -0.3 is 10.6 Å². The van der Waals surface area contributed by atoms with Gasteiger partial charge in [-0.3, -0.25) is 4.79 Å². The van der Waals surface area contributed by atoms with E-state index < -0.39 is 11.7 Å². The molecule has 100 valence electrons. The van der Waals surface area contributed by atoms with Crippen LogP contribution in [-0.4, -0.2) is 19.0 Å². The maximum atomic E-state index is 12.6. The van der Waals surface area contributed by atoms with E-state index in [1.165, 1.54) is 19.1 Å². The lowest BCUT2D eigenvalue weighted by Gasteiger charge is -2.12. The second-order valence-corrected chi connectivity index (χ2v) is 3.86. The second kappa shape index (κ2) is 5.86. The van der Waals surface area contributed by atoms with Crippen molar-refractivity contribution in [2.24, 2.45) is 0 Å². The van der Waals surface area contributed by atoms with Gasteiger partial charge in [0.15, 0.2) is 0 Å². The Kier molecular flexibility index (Phi) is 4.72. The fourth-order valence-electron chi connectivity index (χ4n) is 1.45. The fraction of sp³-hybridized carbons (Fsp3) is 0.417. The first-order chi connectivity index (χ1) is 8.34. The summed E-state index contributed by atoms with van der Waals surface area (Å²) in [6.45, 7) is 3.91. The quantitative estimate of drug-likeness (QED) is 0.873. The van der Waals surface area contributed by atoms with Crippen molar-refractivity contribution in [2.75, 3.05) is 18.4 Å². The number of halogens is 3. The first kappa shape index (κ1) is 14.5. The Hall–Kier alpha value is -1.56. The Bertz CT molecular complexity index is 430. The number of alkyl halides is 3. The van der Waals surface area contributed by atoms with E-state index in [0.717, 1.165) is 6.07 Å². The number of likely N-dealkylation sites (N-methyl/N-ethyl adjacent to an activating group) is 1. The first-order valence-corrected chi connectivity index (χ1v) is 5.53. The first-order valence-electron chi connectivity index (χ1n) is 5.53. The fourth-order valence-corrected chi connectivity index (χ4v) is 1.45. The molecule has 2 N–H and O–H groups in total. The van der Waals surface area contributed by atoms with Crippen LogP contribution in [0.2, 0.25) is 0 Å². The maximum Gasteiger partial charge on any atom is 0.416 e. The molecule has 0 unspecified atom stereocenters. The van der Waals surface area contributed by atoms with Gasteiger partial charge in [0.2, 0.25) is 5.91 Å². The lowest BCUT2D eigenvalue weighted by molar-refractivity contribution is -0.138. The minimum atomic E-state index is -4.41. The van der Waals surface area contributed by atoms with Crippen molar-refractivity contribution in [1.29, 1.82) is 0 Å². The predicted molar refractivity (Wildman–Crippen MR) is 63.4 cm³/mol. The molecule has 6 heteroatoms. The molecule has 1 amide bonds. The standard InChI is InChI=1S/C12H15F3N2O/c1-3-16-7-11(18)17-9-5-4-8(2)10(6-9)12(13,14)15/h4-6,16H,3,7H2,1-2H3,(H,17,18). The van der Waals surface area contributed by atoms with Crippen molar-refractivity contribution >= 4 is 11.6 Å². The van der Waals surface area contributed by atoms with E-state index in [4.69, 9.17) is 0 Å². The number of benzene rings is 1. The summed E-state index contributed by atoms with van der Waals surface area (Å²) in [6, 6.07) is 3.74. The summed E-state index contributed by atoms with van der Waals surface area (Å²) in [5.41, 5.74) is -0.452. The number of hydrogen-bond donors (Lipinski definition) is 2. The van der Waals surface area contributed by atoms with Crippen molar-refractivity contribution in [1.82, 2.24) is 5.32 Å². The van der Waals surface area contributed by atoms with E-state index in [0.29, 0.717) is 6.54 Å². The van der Waals surface area contributed by atoms with Crippen LogP contribution in [0.3, 0.4) is 0 Å². The summed E-state index contributed by atoms with van der Waals surface area (Å²) in [5.74, 6) is -0.367. The van der Waals surface area contributed by atoms with Crippen molar-refractivity contribution in [3.8, 4) is 0 Å². The Morgan fingerprint density at radius 2 is 2.00 bits per heavy atom. The van der Waals surface area contributed by atoms with Crippen LogP contribution in [-0.2, 0) is 11.0 Å². The van der Waals surface area contributed by atoms with Crippen molar-refractivity contribution in [3.63, 3.8) is 0 Å². The van der Waals surface area contributed by atoms with Gasteiger partial charge in [-0.2, -0.15) is 13.2 Å². The third-order valence-electron chi connectivity index (χ3n) is 2.36. The van der Waals surface area contributed by atoms with E-state index in [1.807, 2.05) is 6.92 Å². The Morgan fingerprint density at radius 3 is 2.56 bits per heavy atom. The van der Waals surface area contributed by atoms with Crippen LogP contribution < -0.4 is 10.6 Å². The molecule has 0 aliphatic heterocycles. The largest absolute Gasteiger partial charge is 0.416 e. The molecule has 0 aromatic heterocycles. The number of aryl methyl sites for hydroxylation is 1. The third-order valence-corrected chi connectivity index (χ3v) is 2.36. The van der Waals surface area contributed by atoms with E-state index in [-0.39, 0.29) is 23.7 Å². The summed E-state index contributed by atoms with van der Waals surface area (Å²) in [7, 11) is 0. The highest BCUT2D eigenvalue weighted by Gasteiger charge is 2.32. The molecule has 0 aliphatic carbocycles. The highest BCUT2D eigenvalue weighted by molar-refractivity contribution is 5.92. The molecule has 18 heavy (non-hydrogen) atoms. The summed E-state index contributed by atoms with van der Waals surface area (Å²) >= 11 is 0. The lowest BCUT2D eigenvalue weighted by atomic mass is 10.1. The van der Waals surface area contributed by atoms with Gasteiger partial charge in [0.05, 0.1) is 12.1 Å². The molecule has 0 spiro atoms. The van der Waals surface area contributed by atoms with Crippen LogP contribution in [0.1, 0.15) is 18.1 Å². The molecule has 0 atom stereocenters. The third kappa shape index (κ3) is 4.03. The number of hydrogen-bond acceptors (Lipinski definition) is 2. The molecule has 0 saturated heterocycles. The van der Waals surface area contributed by atoms with E-state index in [1.54, 1.807) is 0 Å². The SMILES string of the molecule is CCNCC(=O)Nc1ccc(C)c(C(F)(F)F)c1. The second-order valence-electron chi connectivity index (χ2n) is 3.86. The topological polar surface area (TPSA) is 41.1 Å². The minimum Gasteiger partial charge on any atom is -0.325 e. The lowest BCUT2D eigenvalue weighted by Crippen LogP contribution is -2.27. The molecule has 1 aromatic rings. The number of anilines is 1. The van der Waals surface area contributed by atoms with E-state index >= 15 is 0 Å². The van der Waals surface area contributed by atoms with Crippen LogP contribution in [0.5, 0.6) is 0 Å². The molecule has 0 saturated carbocycles. The minimum absolute atomic E-state index is 0.0751. The molecule has 1 rings (SSSR count). The highest BCUT2D eigenvalue weighted by atomic mass is 19.4. The van der Waals surface area contributed by atoms with E-state index in [2.05, 4.69) is 10.6 Å². The predicted octanol–water partition coefficient (Wildman–Crippen LogP) is 2.56. The van der Waals surface area contributed by atoms with Gasteiger partial charge in [-0.1, -0.05) is 13.0 Å². The van der Waals surface area contributed by atoms with Gasteiger partial charge >= 0.3 is 6.18 Å². The summed E-state index contributed by atoms with van der Waals surface area (Å²) < 4.78 is 37.9. The number of amides is 1. The molecule has 0 radical (unpaired) electrons. The molecule has 0 bridgehead atoms. The van der Waals surface area contributed by atoms with Crippen LogP contribution >= 0.6 is 0 Å². The molecule has 3 nitrogen and oxygen atoms in total. The van der Waals surface area contributed by atoms with Gasteiger partial charge in [-0.15, -0.1) is 0 Å². The van der Waals surface area contributed by atoms with E-state index in [9.17, 15) is 18.0 Å². The van der Waals surface area contributed by atoms with Crippen LogP contribution in [0.15, 0.2) is 18.2 Å². The van der Waals surface area contributed by atoms with Gasteiger partial charge in [-0.25, -0.2) is 0 Å².